The van der Waals surface area contributed by atoms with Crippen molar-refractivity contribution in [3.63, 3.8) is 0 Å². The molecule has 0 radical (unpaired) electrons. The maximum Gasteiger partial charge on any atom is 0.124 e. The van der Waals surface area contributed by atoms with Crippen LogP contribution in [0, 0.1) is 5.92 Å². The van der Waals surface area contributed by atoms with E-state index in [0.29, 0.717) is 0 Å². The minimum atomic E-state index is 0.271. The van der Waals surface area contributed by atoms with Gasteiger partial charge in [0.25, 0.3) is 0 Å². The highest BCUT2D eigenvalue weighted by molar-refractivity contribution is 6.31. The summed E-state index contributed by atoms with van der Waals surface area (Å²) in [4.78, 5) is 2.50. The van der Waals surface area contributed by atoms with Crippen molar-refractivity contribution in [3.8, 4) is 5.75 Å². The molecule has 1 N–H and O–H groups in total. The van der Waals surface area contributed by atoms with Gasteiger partial charge >= 0.3 is 0 Å². The van der Waals surface area contributed by atoms with Crippen LogP contribution < -0.4 is 10.1 Å². The van der Waals surface area contributed by atoms with Crippen LogP contribution in [-0.4, -0.2) is 37.2 Å². The minimum Gasteiger partial charge on any atom is -0.496 e. The molecule has 20 heavy (non-hydrogen) atoms. The molecule has 0 aromatic heterocycles. The molecule has 1 saturated carbocycles. The monoisotopic (exact) mass is 294 g/mol. The molecule has 1 heterocycles. The summed E-state index contributed by atoms with van der Waals surface area (Å²) in [6.07, 6.45) is 2.74. The molecule has 1 aromatic carbocycles. The summed E-state index contributed by atoms with van der Waals surface area (Å²) in [5.41, 5.74) is 1.38. The molecule has 2 aliphatic rings. The van der Waals surface area contributed by atoms with E-state index in [9.17, 15) is 0 Å². The third-order valence-electron chi connectivity index (χ3n) is 4.66. The Balaban J connectivity index is 1.74. The number of benzene rings is 1. The first-order chi connectivity index (χ1) is 9.62. The molecule has 1 aliphatic heterocycles. The number of methoxy groups -OCH3 is 1. The molecular formula is C16H23ClN2O. The molecule has 3 rings (SSSR count). The molecule has 0 bridgehead atoms. The molecule has 4 heteroatoms. The lowest BCUT2D eigenvalue weighted by Gasteiger charge is -2.42. The second kappa shape index (κ2) is 5.55. The molecule has 1 saturated heterocycles. The van der Waals surface area contributed by atoms with Gasteiger partial charge in [0, 0.05) is 42.3 Å². The molecule has 1 atom stereocenters. The highest BCUT2D eigenvalue weighted by Crippen LogP contribution is 2.41. The van der Waals surface area contributed by atoms with Crippen molar-refractivity contribution < 1.29 is 4.74 Å². The van der Waals surface area contributed by atoms with E-state index in [0.717, 1.165) is 48.4 Å². The van der Waals surface area contributed by atoms with E-state index in [-0.39, 0.29) is 5.54 Å². The zero-order valence-corrected chi connectivity index (χ0v) is 13.0. The summed E-state index contributed by atoms with van der Waals surface area (Å²) >= 11 is 6.35. The second-order valence-electron chi connectivity index (χ2n) is 6.25. The lowest BCUT2D eigenvalue weighted by Crippen LogP contribution is -2.59. The van der Waals surface area contributed by atoms with Crippen LogP contribution in [0.2, 0.25) is 5.02 Å². The number of rotatable bonds is 4. The van der Waals surface area contributed by atoms with Crippen LogP contribution in [-0.2, 0) is 6.54 Å². The maximum atomic E-state index is 6.35. The van der Waals surface area contributed by atoms with Crippen LogP contribution in [0.5, 0.6) is 5.75 Å². The van der Waals surface area contributed by atoms with Crippen molar-refractivity contribution in [2.45, 2.75) is 31.8 Å². The van der Waals surface area contributed by atoms with E-state index in [1.807, 2.05) is 18.2 Å². The van der Waals surface area contributed by atoms with Crippen LogP contribution in [0.25, 0.3) is 0 Å². The first-order valence-electron chi connectivity index (χ1n) is 7.41. The average molecular weight is 295 g/mol. The van der Waals surface area contributed by atoms with Crippen LogP contribution in [0.3, 0.4) is 0 Å². The van der Waals surface area contributed by atoms with Gasteiger partial charge in [-0.15, -0.1) is 0 Å². The highest BCUT2D eigenvalue weighted by Gasteiger charge is 2.43. The van der Waals surface area contributed by atoms with Gasteiger partial charge in [0.2, 0.25) is 0 Å². The molecule has 0 amide bonds. The first-order valence-corrected chi connectivity index (χ1v) is 7.79. The SMILES string of the molecule is COc1cccc(Cl)c1CN1CCNC(C)(C2CC2)C1. The van der Waals surface area contributed by atoms with Crippen LogP contribution in [0.15, 0.2) is 18.2 Å². The Morgan fingerprint density at radius 1 is 1.45 bits per heavy atom. The Bertz CT molecular complexity index is 489. The number of nitrogens with one attached hydrogen (secondary N) is 1. The van der Waals surface area contributed by atoms with Gasteiger partial charge in [0.1, 0.15) is 5.75 Å². The van der Waals surface area contributed by atoms with E-state index >= 15 is 0 Å². The third-order valence-corrected chi connectivity index (χ3v) is 5.02. The standard InChI is InChI=1S/C16H23ClN2O/c1-16(12-6-7-12)11-19(9-8-18-16)10-13-14(17)4-3-5-15(13)20-2/h3-5,12,18H,6-11H2,1-2H3. The fraction of sp³-hybridized carbons (Fsp3) is 0.625. The van der Waals surface area contributed by atoms with Crippen molar-refractivity contribution in [1.82, 2.24) is 10.2 Å². The lowest BCUT2D eigenvalue weighted by atomic mass is 9.92. The number of hydrogen-bond donors (Lipinski definition) is 1. The Kier molecular flexibility index (Phi) is 3.93. The smallest absolute Gasteiger partial charge is 0.124 e. The van der Waals surface area contributed by atoms with Crippen molar-refractivity contribution >= 4 is 11.6 Å². The molecule has 0 spiro atoms. The Labute approximate surface area is 126 Å². The van der Waals surface area contributed by atoms with Gasteiger partial charge in [-0.2, -0.15) is 0 Å². The number of nitrogens with zero attached hydrogens (tertiary/aromatic N) is 1. The molecule has 1 aliphatic carbocycles. The van der Waals surface area contributed by atoms with Crippen molar-refractivity contribution in [2.24, 2.45) is 5.92 Å². The summed E-state index contributed by atoms with van der Waals surface area (Å²) in [7, 11) is 1.71. The lowest BCUT2D eigenvalue weighted by molar-refractivity contribution is 0.120. The normalized spacial score (nSPS) is 27.6. The Morgan fingerprint density at radius 2 is 2.25 bits per heavy atom. The zero-order chi connectivity index (χ0) is 14.2. The largest absolute Gasteiger partial charge is 0.496 e. The molecule has 3 nitrogen and oxygen atoms in total. The molecule has 1 aromatic rings. The highest BCUT2D eigenvalue weighted by atomic mass is 35.5. The van der Waals surface area contributed by atoms with E-state index in [1.54, 1.807) is 7.11 Å². The van der Waals surface area contributed by atoms with Gasteiger partial charge in [-0.3, -0.25) is 4.90 Å². The summed E-state index contributed by atoms with van der Waals surface area (Å²) in [6.45, 7) is 6.44. The molecule has 110 valence electrons. The van der Waals surface area contributed by atoms with Gasteiger partial charge in [-0.25, -0.2) is 0 Å². The fourth-order valence-corrected chi connectivity index (χ4v) is 3.56. The van der Waals surface area contributed by atoms with Crippen LogP contribution in [0.1, 0.15) is 25.3 Å². The van der Waals surface area contributed by atoms with Crippen molar-refractivity contribution in [1.29, 1.82) is 0 Å². The molecular weight excluding hydrogens is 272 g/mol. The van der Waals surface area contributed by atoms with E-state index < -0.39 is 0 Å². The number of halogens is 1. The summed E-state index contributed by atoms with van der Waals surface area (Å²) in [5.74, 6) is 1.74. The number of piperazine rings is 1. The third kappa shape index (κ3) is 2.80. The predicted octanol–water partition coefficient (Wildman–Crippen LogP) is 2.92. The molecule has 2 fully saturated rings. The van der Waals surface area contributed by atoms with E-state index in [1.165, 1.54) is 12.8 Å². The second-order valence-corrected chi connectivity index (χ2v) is 6.66. The van der Waals surface area contributed by atoms with E-state index in [2.05, 4.69) is 17.1 Å². The number of ether oxygens (including phenoxy) is 1. The summed E-state index contributed by atoms with van der Waals surface area (Å²) < 4.78 is 5.45. The van der Waals surface area contributed by atoms with Gasteiger partial charge in [-0.05, 0) is 37.8 Å². The van der Waals surface area contributed by atoms with Gasteiger partial charge < -0.3 is 10.1 Å². The average Bonchev–Trinajstić information content (AvgIpc) is 3.26. The molecule has 1 unspecified atom stereocenters. The van der Waals surface area contributed by atoms with Crippen molar-refractivity contribution in [3.05, 3.63) is 28.8 Å². The topological polar surface area (TPSA) is 24.5 Å². The van der Waals surface area contributed by atoms with Crippen molar-refractivity contribution in [2.75, 3.05) is 26.7 Å². The van der Waals surface area contributed by atoms with Crippen LogP contribution >= 0.6 is 11.6 Å². The fourth-order valence-electron chi connectivity index (χ4n) is 3.34. The summed E-state index contributed by atoms with van der Waals surface area (Å²) in [6, 6.07) is 5.88. The van der Waals surface area contributed by atoms with Gasteiger partial charge in [0.15, 0.2) is 0 Å². The first kappa shape index (κ1) is 14.2. The Hall–Kier alpha value is -0.770. The van der Waals surface area contributed by atoms with Gasteiger partial charge in [0.05, 0.1) is 7.11 Å². The minimum absolute atomic E-state index is 0.271. The Morgan fingerprint density at radius 3 is 2.95 bits per heavy atom. The summed E-state index contributed by atoms with van der Waals surface area (Å²) in [5, 5.41) is 4.51. The zero-order valence-electron chi connectivity index (χ0n) is 12.3. The maximum absolute atomic E-state index is 6.35. The van der Waals surface area contributed by atoms with E-state index in [4.69, 9.17) is 16.3 Å². The number of hydrogen-bond acceptors (Lipinski definition) is 3. The quantitative estimate of drug-likeness (QED) is 0.924. The van der Waals surface area contributed by atoms with Crippen LogP contribution in [0.4, 0.5) is 0 Å². The van der Waals surface area contributed by atoms with Gasteiger partial charge in [-0.1, -0.05) is 17.7 Å². The predicted molar refractivity (Wildman–Crippen MR) is 82.4 cm³/mol.